The van der Waals surface area contributed by atoms with E-state index in [0.29, 0.717) is 6.04 Å². The average Bonchev–Trinajstić information content (AvgIpc) is 2.53. The fourth-order valence-electron chi connectivity index (χ4n) is 2.38. The van der Waals surface area contributed by atoms with Crippen molar-refractivity contribution >= 4 is 11.6 Å². The van der Waals surface area contributed by atoms with Gasteiger partial charge in [0, 0.05) is 11.1 Å². The molecule has 0 saturated carbocycles. The summed E-state index contributed by atoms with van der Waals surface area (Å²) in [6.07, 6.45) is 2.07. The molecule has 112 valence electrons. The lowest BCUT2D eigenvalue weighted by Crippen LogP contribution is -2.23. The van der Waals surface area contributed by atoms with Crippen molar-refractivity contribution in [1.82, 2.24) is 5.32 Å². The van der Waals surface area contributed by atoms with Gasteiger partial charge in [0.2, 0.25) is 0 Å². The predicted octanol–water partition coefficient (Wildman–Crippen LogP) is 4.63. The third kappa shape index (κ3) is 4.76. The Hall–Kier alpha value is -1.51. The Morgan fingerprint density at radius 2 is 1.71 bits per heavy atom. The summed E-state index contributed by atoms with van der Waals surface area (Å²) < 4.78 is 5.20. The summed E-state index contributed by atoms with van der Waals surface area (Å²) in [6.45, 7) is 3.15. The molecule has 0 radical (unpaired) electrons. The Bertz CT molecular complexity index is 536. The van der Waals surface area contributed by atoms with Crippen LogP contribution < -0.4 is 10.1 Å². The monoisotopic (exact) mass is 303 g/mol. The van der Waals surface area contributed by atoms with E-state index < -0.39 is 0 Å². The highest BCUT2D eigenvalue weighted by Crippen LogP contribution is 2.20. The van der Waals surface area contributed by atoms with Crippen LogP contribution in [0.25, 0.3) is 0 Å². The molecule has 0 bridgehead atoms. The van der Waals surface area contributed by atoms with E-state index in [1.54, 1.807) is 7.11 Å². The summed E-state index contributed by atoms with van der Waals surface area (Å²) in [5.74, 6) is 0.898. The molecule has 0 fully saturated rings. The average molecular weight is 304 g/mol. The third-order valence-electron chi connectivity index (χ3n) is 3.64. The Labute approximate surface area is 132 Å². The van der Waals surface area contributed by atoms with Gasteiger partial charge >= 0.3 is 0 Å². The van der Waals surface area contributed by atoms with Crippen LogP contribution in [0.5, 0.6) is 5.75 Å². The highest BCUT2D eigenvalue weighted by molar-refractivity contribution is 6.30. The second-order valence-electron chi connectivity index (χ2n) is 5.06. The van der Waals surface area contributed by atoms with Crippen molar-refractivity contribution < 1.29 is 4.74 Å². The number of nitrogens with one attached hydrogen (secondary N) is 1. The van der Waals surface area contributed by atoms with E-state index in [-0.39, 0.29) is 0 Å². The molecule has 0 heterocycles. The lowest BCUT2D eigenvalue weighted by atomic mass is 10.0. The van der Waals surface area contributed by atoms with Gasteiger partial charge in [0.05, 0.1) is 7.11 Å². The molecule has 2 aromatic carbocycles. The summed E-state index contributed by atoms with van der Waals surface area (Å²) in [4.78, 5) is 0. The molecular formula is C18H22ClNO. The molecule has 1 atom stereocenters. The Balaban J connectivity index is 1.88. The lowest BCUT2D eigenvalue weighted by Gasteiger charge is -2.18. The molecule has 0 amide bonds. The molecule has 2 nitrogen and oxygen atoms in total. The van der Waals surface area contributed by atoms with Crippen LogP contribution in [0.2, 0.25) is 5.02 Å². The molecule has 21 heavy (non-hydrogen) atoms. The van der Waals surface area contributed by atoms with Gasteiger partial charge in [-0.05, 0) is 54.8 Å². The second kappa shape index (κ2) is 8.06. The third-order valence-corrected chi connectivity index (χ3v) is 3.90. The number of ether oxygens (including phenoxy) is 1. The first-order valence-corrected chi connectivity index (χ1v) is 7.72. The van der Waals surface area contributed by atoms with Gasteiger partial charge in [-0.1, -0.05) is 42.8 Å². The van der Waals surface area contributed by atoms with Gasteiger partial charge in [-0.25, -0.2) is 0 Å². The fourth-order valence-corrected chi connectivity index (χ4v) is 2.50. The first kappa shape index (κ1) is 15.9. The van der Waals surface area contributed by atoms with Crippen molar-refractivity contribution in [3.63, 3.8) is 0 Å². The van der Waals surface area contributed by atoms with Crippen molar-refractivity contribution in [2.24, 2.45) is 0 Å². The van der Waals surface area contributed by atoms with Crippen LogP contribution in [-0.2, 0) is 6.42 Å². The summed E-state index contributed by atoms with van der Waals surface area (Å²) in [6, 6.07) is 16.7. The molecule has 3 heteroatoms. The van der Waals surface area contributed by atoms with E-state index in [9.17, 15) is 0 Å². The molecule has 2 rings (SSSR count). The molecule has 1 N–H and O–H groups in total. The zero-order chi connectivity index (χ0) is 15.1. The number of hydrogen-bond donors (Lipinski definition) is 1. The van der Waals surface area contributed by atoms with Crippen LogP contribution in [0, 0.1) is 0 Å². The van der Waals surface area contributed by atoms with Gasteiger partial charge in [0.15, 0.2) is 0 Å². The Morgan fingerprint density at radius 1 is 1.05 bits per heavy atom. The molecule has 0 aliphatic rings. The van der Waals surface area contributed by atoms with Crippen LogP contribution in [-0.4, -0.2) is 13.7 Å². The maximum Gasteiger partial charge on any atom is 0.118 e. The minimum atomic E-state index is 0.378. The van der Waals surface area contributed by atoms with Crippen molar-refractivity contribution in [1.29, 1.82) is 0 Å². The van der Waals surface area contributed by atoms with Gasteiger partial charge in [0.1, 0.15) is 5.75 Å². The minimum Gasteiger partial charge on any atom is -0.497 e. The summed E-state index contributed by atoms with van der Waals surface area (Å²) >= 11 is 5.90. The largest absolute Gasteiger partial charge is 0.497 e. The first-order chi connectivity index (χ1) is 10.2. The van der Waals surface area contributed by atoms with Crippen LogP contribution in [0.15, 0.2) is 48.5 Å². The SMILES string of the molecule is CCC(NCCc1ccc(Cl)cc1)c1ccc(OC)cc1. The Morgan fingerprint density at radius 3 is 2.29 bits per heavy atom. The maximum atomic E-state index is 5.90. The lowest BCUT2D eigenvalue weighted by molar-refractivity contribution is 0.414. The zero-order valence-corrected chi connectivity index (χ0v) is 13.4. The number of rotatable bonds is 7. The highest BCUT2D eigenvalue weighted by atomic mass is 35.5. The zero-order valence-electron chi connectivity index (χ0n) is 12.6. The fraction of sp³-hybridized carbons (Fsp3) is 0.333. The number of benzene rings is 2. The topological polar surface area (TPSA) is 21.3 Å². The van der Waals surface area contributed by atoms with Gasteiger partial charge < -0.3 is 10.1 Å². The van der Waals surface area contributed by atoms with Gasteiger partial charge in [-0.15, -0.1) is 0 Å². The summed E-state index contributed by atoms with van der Waals surface area (Å²) in [5, 5.41) is 4.40. The van der Waals surface area contributed by atoms with Crippen molar-refractivity contribution in [3.05, 3.63) is 64.7 Å². The van der Waals surface area contributed by atoms with E-state index in [1.807, 2.05) is 24.3 Å². The molecule has 0 spiro atoms. The summed E-state index contributed by atoms with van der Waals surface area (Å²) in [5.41, 5.74) is 2.60. The number of halogens is 1. The van der Waals surface area contributed by atoms with E-state index in [1.165, 1.54) is 11.1 Å². The molecule has 0 aliphatic heterocycles. The van der Waals surface area contributed by atoms with Crippen molar-refractivity contribution in [3.8, 4) is 5.75 Å². The number of hydrogen-bond acceptors (Lipinski definition) is 2. The van der Waals surface area contributed by atoms with Crippen LogP contribution in [0.4, 0.5) is 0 Å². The molecule has 2 aromatic rings. The van der Waals surface area contributed by atoms with Gasteiger partial charge in [-0.2, -0.15) is 0 Å². The highest BCUT2D eigenvalue weighted by Gasteiger charge is 2.08. The predicted molar refractivity (Wildman–Crippen MR) is 89.2 cm³/mol. The molecule has 0 aliphatic carbocycles. The van der Waals surface area contributed by atoms with Crippen LogP contribution >= 0.6 is 11.6 Å². The van der Waals surface area contributed by atoms with Crippen molar-refractivity contribution in [2.45, 2.75) is 25.8 Å². The quantitative estimate of drug-likeness (QED) is 0.805. The first-order valence-electron chi connectivity index (χ1n) is 7.34. The van der Waals surface area contributed by atoms with Gasteiger partial charge in [0.25, 0.3) is 0 Å². The summed E-state index contributed by atoms with van der Waals surface area (Å²) in [7, 11) is 1.69. The van der Waals surface area contributed by atoms with Gasteiger partial charge in [-0.3, -0.25) is 0 Å². The normalized spacial score (nSPS) is 12.1. The second-order valence-corrected chi connectivity index (χ2v) is 5.50. The van der Waals surface area contributed by atoms with E-state index in [0.717, 1.165) is 30.2 Å². The van der Waals surface area contributed by atoms with Crippen LogP contribution in [0.1, 0.15) is 30.5 Å². The Kier molecular flexibility index (Phi) is 6.09. The molecule has 0 aromatic heterocycles. The molecular weight excluding hydrogens is 282 g/mol. The smallest absolute Gasteiger partial charge is 0.118 e. The minimum absolute atomic E-state index is 0.378. The standard InChI is InChI=1S/C18H22ClNO/c1-3-18(15-6-10-17(21-2)11-7-15)20-13-12-14-4-8-16(19)9-5-14/h4-11,18,20H,3,12-13H2,1-2H3. The maximum absolute atomic E-state index is 5.90. The number of methoxy groups -OCH3 is 1. The van der Waals surface area contributed by atoms with E-state index in [2.05, 4.69) is 36.5 Å². The van der Waals surface area contributed by atoms with Crippen LogP contribution in [0.3, 0.4) is 0 Å². The van der Waals surface area contributed by atoms with E-state index in [4.69, 9.17) is 16.3 Å². The van der Waals surface area contributed by atoms with E-state index >= 15 is 0 Å². The molecule has 0 saturated heterocycles. The molecule has 1 unspecified atom stereocenters. The van der Waals surface area contributed by atoms with Crippen molar-refractivity contribution in [2.75, 3.05) is 13.7 Å².